The van der Waals surface area contributed by atoms with E-state index in [4.69, 9.17) is 17.0 Å². The summed E-state index contributed by atoms with van der Waals surface area (Å²) >= 11 is -0.826. The maximum absolute atomic E-state index is 4.93. The Labute approximate surface area is 347 Å². The van der Waals surface area contributed by atoms with E-state index in [0.29, 0.717) is 11.8 Å². The van der Waals surface area contributed by atoms with Crippen LogP contribution in [0.25, 0.3) is 22.3 Å². The summed E-state index contributed by atoms with van der Waals surface area (Å²) in [7, 11) is 9.87. The van der Waals surface area contributed by atoms with Gasteiger partial charge >= 0.3 is 64.1 Å². The van der Waals surface area contributed by atoms with Crippen molar-refractivity contribution in [3.8, 4) is 22.3 Å². The van der Waals surface area contributed by atoms with E-state index in [9.17, 15) is 0 Å². The van der Waals surface area contributed by atoms with Crippen LogP contribution in [0.2, 0.25) is 0 Å². The number of fused-ring (bicyclic) bond motifs is 6. The molecule has 0 heterocycles. The zero-order chi connectivity index (χ0) is 31.3. The van der Waals surface area contributed by atoms with Gasteiger partial charge in [0.25, 0.3) is 0 Å². The normalized spacial score (nSPS) is 14.6. The quantitative estimate of drug-likeness (QED) is 0.176. The summed E-state index contributed by atoms with van der Waals surface area (Å²) in [5, 5.41) is 0. The molecule has 6 heteroatoms. The number of hydrogen-bond acceptors (Lipinski definition) is 0. The first-order valence-electron chi connectivity index (χ1n) is 15.1. The molecule has 0 saturated heterocycles. The van der Waals surface area contributed by atoms with Crippen LogP contribution in [0.4, 0.5) is 0 Å². The van der Waals surface area contributed by atoms with Crippen LogP contribution in [0.5, 0.6) is 0 Å². The molecule has 4 aliphatic carbocycles. The van der Waals surface area contributed by atoms with Gasteiger partial charge in [-0.1, -0.05) is 130 Å². The van der Waals surface area contributed by atoms with Gasteiger partial charge in [-0.25, -0.2) is 17.7 Å². The van der Waals surface area contributed by atoms with Gasteiger partial charge in [0.2, 0.25) is 0 Å². The van der Waals surface area contributed by atoms with Gasteiger partial charge in [0.15, 0.2) is 0 Å². The second-order valence-electron chi connectivity index (χ2n) is 12.0. The Morgan fingerprint density at radius 1 is 0.633 bits per heavy atom. The van der Waals surface area contributed by atoms with Gasteiger partial charge in [-0.15, -0.1) is 13.3 Å². The van der Waals surface area contributed by atoms with Crippen LogP contribution < -0.4 is 24.8 Å². The predicted octanol–water partition coefficient (Wildman–Crippen LogP) is 7.31. The zero-order valence-electron chi connectivity index (χ0n) is 29.3. The molecular weight excluding hydrogens is 841 g/mol. The van der Waals surface area contributed by atoms with Crippen LogP contribution in [0, 0.1) is 32.4 Å². The fourth-order valence-electron chi connectivity index (χ4n) is 6.85. The third kappa shape index (κ3) is 10.4. The molecule has 49 heavy (non-hydrogen) atoms. The number of halogens is 4. The van der Waals surface area contributed by atoms with E-state index in [1.807, 2.05) is 12.2 Å². The Kier molecular flexibility index (Phi) is 21.4. The smallest absolute Gasteiger partial charge is 0.0619 e. The van der Waals surface area contributed by atoms with Crippen molar-refractivity contribution in [1.29, 1.82) is 0 Å². The number of rotatable bonds is 1. The van der Waals surface area contributed by atoms with Crippen molar-refractivity contribution in [2.24, 2.45) is 5.41 Å². The van der Waals surface area contributed by atoms with Gasteiger partial charge in [0.1, 0.15) is 0 Å². The molecule has 0 unspecified atom stereocenters. The molecule has 1 radical (unpaired) electrons. The molecule has 4 aliphatic rings. The molecule has 4 aromatic rings. The molecule has 0 spiro atoms. The van der Waals surface area contributed by atoms with Crippen LogP contribution >= 0.6 is 17.0 Å². The van der Waals surface area contributed by atoms with Gasteiger partial charge in [0, 0.05) is 11.8 Å². The van der Waals surface area contributed by atoms with E-state index < -0.39 is 20.8 Å². The number of benzene rings is 4. The molecule has 0 aliphatic heterocycles. The van der Waals surface area contributed by atoms with Crippen molar-refractivity contribution in [3.05, 3.63) is 181 Å². The topological polar surface area (TPSA) is 0 Å². The van der Waals surface area contributed by atoms with E-state index >= 15 is 0 Å². The van der Waals surface area contributed by atoms with Crippen LogP contribution in [0.3, 0.4) is 0 Å². The van der Waals surface area contributed by atoms with Crippen LogP contribution in [0.15, 0.2) is 132 Å². The molecule has 0 fully saturated rings. The first kappa shape index (κ1) is 47.8. The molecule has 0 bridgehead atoms. The van der Waals surface area contributed by atoms with E-state index in [0.717, 1.165) is 6.42 Å². The predicted molar refractivity (Wildman–Crippen MR) is 198 cm³/mol. The van der Waals surface area contributed by atoms with Crippen molar-refractivity contribution < 1.29 is 71.9 Å². The summed E-state index contributed by atoms with van der Waals surface area (Å²) in [5.41, 5.74) is 15.8. The molecule has 0 atom stereocenters. The van der Waals surface area contributed by atoms with Crippen molar-refractivity contribution in [2.75, 3.05) is 0 Å². The van der Waals surface area contributed by atoms with Crippen molar-refractivity contribution in [1.82, 2.24) is 0 Å². The number of allylic oxidation sites excluding steroid dienone is 8. The van der Waals surface area contributed by atoms with Gasteiger partial charge < -0.3 is 39.7 Å². The SMILES string of the molecule is CC1=[C-]C(C)(C)C(C)=C1C.[C-]1=CC=CC1.[CH3-].[CH3-].[Cl-].[Cl-].[Cl][Zr][Cl].[Zr+3].c1ccc2c(c1)-c1ccccc1C2C1c2ccccc2-c2ccccc21. The molecule has 8 rings (SSSR count). The minimum atomic E-state index is -0.826. The van der Waals surface area contributed by atoms with Crippen molar-refractivity contribution in [2.45, 2.75) is 52.9 Å². The first-order valence-corrected chi connectivity index (χ1v) is 21.5. The molecule has 0 N–H and O–H groups in total. The summed E-state index contributed by atoms with van der Waals surface area (Å²) in [6, 6.07) is 35.8. The maximum atomic E-state index is 4.93. The van der Waals surface area contributed by atoms with Crippen molar-refractivity contribution in [3.63, 3.8) is 0 Å². The second-order valence-corrected chi connectivity index (χ2v) is 15.7. The average molecular weight is 885 g/mol. The molecular formula is C43H44Cl4Zr2-3. The standard InChI is InChI=1S/C26H18.C10H15.C5H5.2CH3.4ClH.2Zr/c1-5-13-21-17(9-1)18-10-2-6-14-22(18)25(21)26-23-15-7-3-11-19(23)20-12-4-8-16-24(20)26;1-7-6-10(4,5)9(3)8(7)2;1-2-4-5-3-1;;;;;;;;/h1-16,25-26H;1-5H3;1-3H,4H2;2*1H3;4*1H;;/q;4*-1;;;;;+2;+3/p-4. The van der Waals surface area contributed by atoms with E-state index in [1.165, 1.54) is 61.2 Å². The summed E-state index contributed by atoms with van der Waals surface area (Å²) in [6.45, 7) is 10.9. The minimum Gasteiger partial charge on any atom is -0.0619 e. The van der Waals surface area contributed by atoms with E-state index in [2.05, 4.69) is 150 Å². The van der Waals surface area contributed by atoms with Gasteiger partial charge in [0.05, 0.1) is 0 Å². The minimum absolute atomic E-state index is 0. The Morgan fingerprint density at radius 3 is 1.14 bits per heavy atom. The maximum Gasteiger partial charge on any atom is 3.00 e. The van der Waals surface area contributed by atoms with Crippen LogP contribution in [0.1, 0.15) is 75.1 Å². The third-order valence-electron chi connectivity index (χ3n) is 9.25. The zero-order valence-corrected chi connectivity index (χ0v) is 37.3. The largest absolute Gasteiger partial charge is 3.00 e. The summed E-state index contributed by atoms with van der Waals surface area (Å²) < 4.78 is 0. The molecule has 0 saturated carbocycles. The van der Waals surface area contributed by atoms with E-state index in [-0.39, 0.29) is 71.3 Å². The van der Waals surface area contributed by atoms with E-state index in [1.54, 1.807) is 0 Å². The van der Waals surface area contributed by atoms with Gasteiger partial charge in [-0.2, -0.15) is 17.2 Å². The Balaban J connectivity index is 0.000000845. The van der Waals surface area contributed by atoms with Crippen molar-refractivity contribution >= 4 is 17.0 Å². The number of hydrogen-bond donors (Lipinski definition) is 0. The molecule has 255 valence electrons. The third-order valence-corrected chi connectivity index (χ3v) is 9.25. The summed E-state index contributed by atoms with van der Waals surface area (Å²) in [4.78, 5) is 0. The average Bonchev–Trinajstić information content (AvgIpc) is 3.82. The fraction of sp³-hybridized carbons (Fsp3) is 0.209. The Hall–Kier alpha value is -1.23. The summed E-state index contributed by atoms with van der Waals surface area (Å²) in [5.74, 6) is 0.763. The molecule has 0 nitrogen and oxygen atoms in total. The monoisotopic (exact) mass is 880 g/mol. The molecule has 0 amide bonds. The van der Waals surface area contributed by atoms with Gasteiger partial charge in [-0.05, 0) is 44.5 Å². The molecule has 0 aromatic heterocycles. The van der Waals surface area contributed by atoms with Gasteiger partial charge in [-0.3, -0.25) is 12.2 Å². The van der Waals surface area contributed by atoms with Crippen LogP contribution in [-0.2, 0) is 47.1 Å². The van der Waals surface area contributed by atoms with Crippen LogP contribution in [-0.4, -0.2) is 0 Å². The Morgan fingerprint density at radius 2 is 0.959 bits per heavy atom. The first-order chi connectivity index (χ1) is 21.3. The fourth-order valence-corrected chi connectivity index (χ4v) is 6.85. The second kappa shape index (κ2) is 22.0. The Bertz CT molecular complexity index is 1570. The molecule has 4 aromatic carbocycles. The summed E-state index contributed by atoms with van der Waals surface area (Å²) in [6.07, 6.45) is 13.4.